The molecule has 0 amide bonds. The van der Waals surface area contributed by atoms with Gasteiger partial charge in [0.2, 0.25) is 0 Å². The Hall–Kier alpha value is -2.51. The lowest BCUT2D eigenvalue weighted by Crippen LogP contribution is -2.19. The summed E-state index contributed by atoms with van der Waals surface area (Å²) in [6.45, 7) is 1.44. The van der Waals surface area contributed by atoms with E-state index in [-0.39, 0.29) is 5.92 Å². The highest BCUT2D eigenvalue weighted by Gasteiger charge is 2.27. The van der Waals surface area contributed by atoms with Crippen molar-refractivity contribution in [2.75, 3.05) is 13.2 Å². The van der Waals surface area contributed by atoms with Crippen LogP contribution < -0.4 is 0 Å². The number of aliphatic hydroxyl groups excluding tert-OH is 1. The minimum Gasteiger partial charge on any atom is -0.381 e. The molecule has 0 spiro atoms. The van der Waals surface area contributed by atoms with Gasteiger partial charge in [0.05, 0.1) is 6.20 Å². The number of aliphatic hydroxyl groups is 1. The maximum absolute atomic E-state index is 10.7. The Balaban J connectivity index is 1.76. The number of ether oxygens (including phenoxy) is 1. The summed E-state index contributed by atoms with van der Waals surface area (Å²) in [5.41, 5.74) is 0.781. The van der Waals surface area contributed by atoms with E-state index in [0.29, 0.717) is 5.82 Å². The second-order valence-electron chi connectivity index (χ2n) is 6.25. The van der Waals surface area contributed by atoms with Crippen LogP contribution in [0.25, 0.3) is 5.82 Å². The predicted octanol–water partition coefficient (Wildman–Crippen LogP) is 1.98. The van der Waals surface area contributed by atoms with E-state index in [1.165, 1.54) is 0 Å². The Kier molecular flexibility index (Phi) is 4.33. The van der Waals surface area contributed by atoms with Gasteiger partial charge in [0, 0.05) is 32.2 Å². The summed E-state index contributed by atoms with van der Waals surface area (Å²) < 4.78 is 9.04. The van der Waals surface area contributed by atoms with Gasteiger partial charge in [-0.15, -0.1) is 5.10 Å². The molecule has 1 fully saturated rings. The van der Waals surface area contributed by atoms with Gasteiger partial charge in [-0.25, -0.2) is 4.98 Å². The zero-order valence-electron chi connectivity index (χ0n) is 14.1. The Morgan fingerprint density at radius 1 is 1.16 bits per heavy atom. The van der Waals surface area contributed by atoms with Crippen LogP contribution in [-0.4, -0.2) is 42.9 Å². The molecular weight excluding hydrogens is 318 g/mol. The Morgan fingerprint density at radius 2 is 1.92 bits per heavy atom. The van der Waals surface area contributed by atoms with Crippen LogP contribution in [0.15, 0.2) is 42.6 Å². The van der Waals surface area contributed by atoms with Gasteiger partial charge in [-0.2, -0.15) is 9.78 Å². The summed E-state index contributed by atoms with van der Waals surface area (Å²) in [5, 5.41) is 19.6. The number of nitrogens with zero attached hydrogens (tertiary/aromatic N) is 5. The van der Waals surface area contributed by atoms with Crippen LogP contribution in [0.4, 0.5) is 0 Å². The van der Waals surface area contributed by atoms with Crippen LogP contribution in [0.2, 0.25) is 0 Å². The van der Waals surface area contributed by atoms with Crippen molar-refractivity contribution in [1.29, 1.82) is 0 Å². The average molecular weight is 339 g/mol. The van der Waals surface area contributed by atoms with E-state index >= 15 is 0 Å². The van der Waals surface area contributed by atoms with Crippen molar-refractivity contribution in [3.8, 4) is 5.82 Å². The van der Waals surface area contributed by atoms with Crippen molar-refractivity contribution in [3.63, 3.8) is 0 Å². The average Bonchev–Trinajstić information content (AvgIpc) is 3.28. The van der Waals surface area contributed by atoms with Gasteiger partial charge in [-0.1, -0.05) is 30.3 Å². The van der Waals surface area contributed by atoms with E-state index in [9.17, 15) is 5.11 Å². The lowest BCUT2D eigenvalue weighted by molar-refractivity contribution is 0.0830. The molecule has 1 aromatic carbocycles. The summed E-state index contributed by atoms with van der Waals surface area (Å²) in [4.78, 5) is 4.71. The molecule has 1 saturated heterocycles. The van der Waals surface area contributed by atoms with Crippen molar-refractivity contribution < 1.29 is 9.84 Å². The largest absolute Gasteiger partial charge is 0.381 e. The molecule has 130 valence electrons. The normalized spacial score (nSPS) is 16.9. The molecule has 0 radical (unpaired) electrons. The minimum absolute atomic E-state index is 0.257. The van der Waals surface area contributed by atoms with Crippen molar-refractivity contribution in [2.45, 2.75) is 24.9 Å². The highest BCUT2D eigenvalue weighted by Crippen LogP contribution is 2.29. The molecular formula is C18H21N5O2. The fraction of sp³-hybridized carbons (Fsp3) is 0.389. The monoisotopic (exact) mass is 339 g/mol. The highest BCUT2D eigenvalue weighted by atomic mass is 16.5. The topological polar surface area (TPSA) is 78.0 Å². The molecule has 3 aromatic rings. The van der Waals surface area contributed by atoms with Crippen molar-refractivity contribution >= 4 is 0 Å². The smallest absolute Gasteiger partial charge is 0.184 e. The van der Waals surface area contributed by atoms with E-state index in [1.54, 1.807) is 10.9 Å². The van der Waals surface area contributed by atoms with E-state index in [1.807, 2.05) is 48.1 Å². The third kappa shape index (κ3) is 3.08. The molecule has 1 aliphatic rings. The molecule has 2 aromatic heterocycles. The standard InChI is InChI=1S/C18H21N5O2/c1-22-15(7-10-19-22)23-18(14-8-11-25-12-9-14)20-17(21-23)16(24)13-5-3-2-4-6-13/h2-7,10,14,16,24H,8-9,11-12H2,1H3. The third-order valence-corrected chi connectivity index (χ3v) is 4.61. The second kappa shape index (κ2) is 6.78. The first-order valence-electron chi connectivity index (χ1n) is 8.50. The quantitative estimate of drug-likeness (QED) is 0.786. The summed E-state index contributed by atoms with van der Waals surface area (Å²) in [6, 6.07) is 11.4. The van der Waals surface area contributed by atoms with Crippen LogP contribution in [0.5, 0.6) is 0 Å². The lowest BCUT2D eigenvalue weighted by atomic mass is 9.99. The second-order valence-corrected chi connectivity index (χ2v) is 6.25. The number of aryl methyl sites for hydroxylation is 1. The Labute approximate surface area is 145 Å². The van der Waals surface area contributed by atoms with Crippen LogP contribution in [-0.2, 0) is 11.8 Å². The maximum Gasteiger partial charge on any atom is 0.184 e. The Bertz CT molecular complexity index is 836. The van der Waals surface area contributed by atoms with Crippen LogP contribution in [0.3, 0.4) is 0 Å². The molecule has 25 heavy (non-hydrogen) atoms. The fourth-order valence-corrected chi connectivity index (χ4v) is 3.20. The number of benzene rings is 1. The predicted molar refractivity (Wildman–Crippen MR) is 91.4 cm³/mol. The molecule has 3 heterocycles. The van der Waals surface area contributed by atoms with Crippen molar-refractivity contribution in [2.24, 2.45) is 7.05 Å². The van der Waals surface area contributed by atoms with Crippen molar-refractivity contribution in [3.05, 3.63) is 59.8 Å². The SMILES string of the molecule is Cn1nccc1-n1nc(C(O)c2ccccc2)nc1C1CCOCC1. The summed E-state index contributed by atoms with van der Waals surface area (Å²) in [5.74, 6) is 2.36. The van der Waals surface area contributed by atoms with Crippen molar-refractivity contribution in [1.82, 2.24) is 24.5 Å². The first-order valence-corrected chi connectivity index (χ1v) is 8.50. The van der Waals surface area contributed by atoms with Gasteiger partial charge in [0.15, 0.2) is 11.6 Å². The molecule has 1 aliphatic heterocycles. The third-order valence-electron chi connectivity index (χ3n) is 4.61. The van der Waals surface area contributed by atoms with E-state index in [2.05, 4.69) is 10.2 Å². The minimum atomic E-state index is -0.853. The molecule has 1 atom stereocenters. The van der Waals surface area contributed by atoms with Gasteiger partial charge >= 0.3 is 0 Å². The number of hydrogen-bond acceptors (Lipinski definition) is 5. The van der Waals surface area contributed by atoms with Gasteiger partial charge in [-0.3, -0.25) is 4.68 Å². The van der Waals surface area contributed by atoms with Crippen LogP contribution >= 0.6 is 0 Å². The summed E-state index contributed by atoms with van der Waals surface area (Å²) in [6.07, 6.45) is 2.68. The first kappa shape index (κ1) is 16.0. The molecule has 1 unspecified atom stereocenters. The summed E-state index contributed by atoms with van der Waals surface area (Å²) >= 11 is 0. The highest BCUT2D eigenvalue weighted by molar-refractivity contribution is 5.27. The zero-order valence-corrected chi connectivity index (χ0v) is 14.1. The zero-order chi connectivity index (χ0) is 17.2. The van der Waals surface area contributed by atoms with E-state index < -0.39 is 6.10 Å². The molecule has 7 nitrogen and oxygen atoms in total. The fourth-order valence-electron chi connectivity index (χ4n) is 3.20. The van der Waals surface area contributed by atoms with E-state index in [4.69, 9.17) is 9.72 Å². The van der Waals surface area contributed by atoms with Gasteiger partial charge in [0.1, 0.15) is 11.9 Å². The molecule has 0 aliphatic carbocycles. The molecule has 7 heteroatoms. The summed E-state index contributed by atoms with van der Waals surface area (Å²) in [7, 11) is 1.87. The van der Waals surface area contributed by atoms with Gasteiger partial charge < -0.3 is 9.84 Å². The number of rotatable bonds is 4. The molecule has 1 N–H and O–H groups in total. The molecule has 0 saturated carbocycles. The number of aromatic nitrogens is 5. The maximum atomic E-state index is 10.7. The Morgan fingerprint density at radius 3 is 2.60 bits per heavy atom. The molecule has 4 rings (SSSR count). The first-order chi connectivity index (χ1) is 12.2. The lowest BCUT2D eigenvalue weighted by Gasteiger charge is -2.21. The number of hydrogen-bond donors (Lipinski definition) is 1. The van der Waals surface area contributed by atoms with Gasteiger partial charge in [-0.05, 0) is 18.4 Å². The van der Waals surface area contributed by atoms with E-state index in [0.717, 1.165) is 43.3 Å². The molecule has 0 bridgehead atoms. The van der Waals surface area contributed by atoms with Gasteiger partial charge in [0.25, 0.3) is 0 Å². The van der Waals surface area contributed by atoms with Crippen LogP contribution in [0, 0.1) is 0 Å². The van der Waals surface area contributed by atoms with Crippen LogP contribution in [0.1, 0.15) is 42.1 Å².